The maximum atomic E-state index is 12.9. The Kier molecular flexibility index (Phi) is 5.50. The highest BCUT2D eigenvalue weighted by Gasteiger charge is 2.49. The van der Waals surface area contributed by atoms with Crippen LogP contribution in [-0.2, 0) is 16.9 Å². The van der Waals surface area contributed by atoms with Crippen molar-refractivity contribution < 1.29 is 19.4 Å². The van der Waals surface area contributed by atoms with E-state index in [1.807, 2.05) is 60.4 Å². The number of carbonyl (C=O) groups excluding carboxylic acids is 1. The summed E-state index contributed by atoms with van der Waals surface area (Å²) < 4.78 is 11.0. The van der Waals surface area contributed by atoms with E-state index in [0.717, 1.165) is 41.7 Å². The van der Waals surface area contributed by atoms with E-state index in [1.165, 1.54) is 0 Å². The third kappa shape index (κ3) is 3.97. The van der Waals surface area contributed by atoms with E-state index in [0.29, 0.717) is 12.8 Å². The van der Waals surface area contributed by atoms with Gasteiger partial charge in [0.1, 0.15) is 12.4 Å². The fourth-order valence-electron chi connectivity index (χ4n) is 4.97. The Balaban J connectivity index is 1.52. The molecule has 2 aromatic rings. The third-order valence-electron chi connectivity index (χ3n) is 6.37. The molecule has 0 aromatic heterocycles. The molecule has 154 valence electrons. The van der Waals surface area contributed by atoms with Gasteiger partial charge in [-0.1, -0.05) is 36.4 Å². The second-order valence-electron chi connectivity index (χ2n) is 8.31. The van der Waals surface area contributed by atoms with Gasteiger partial charge in [0.2, 0.25) is 0 Å². The Hall–Kier alpha value is -2.53. The van der Waals surface area contributed by atoms with Crippen LogP contribution in [0.5, 0.6) is 5.75 Å². The minimum absolute atomic E-state index is 0.0126. The lowest BCUT2D eigenvalue weighted by Crippen LogP contribution is -2.59. The van der Waals surface area contributed by atoms with Gasteiger partial charge in [0.25, 0.3) is 0 Å². The van der Waals surface area contributed by atoms with Crippen LogP contribution in [0.1, 0.15) is 48.8 Å². The average Bonchev–Trinajstić information content (AvgIpc) is 2.72. The first kappa shape index (κ1) is 19.8. The fraction of sp³-hybridized carbons (Fsp3) is 0.458. The van der Waals surface area contributed by atoms with Crippen LogP contribution in [-0.4, -0.2) is 35.3 Å². The number of rotatable bonds is 4. The summed E-state index contributed by atoms with van der Waals surface area (Å²) in [5, 5.41) is 11.6. The number of aliphatic hydroxyl groups is 1. The predicted octanol–water partition coefficient (Wildman–Crippen LogP) is 4.54. The molecule has 5 nitrogen and oxygen atoms in total. The SMILES string of the molecule is COc1ccc(C)c(C2(O)CC3CCCC(C2)N3C(=O)OCc2ccccc2)c1. The van der Waals surface area contributed by atoms with Gasteiger partial charge in [0, 0.05) is 24.9 Å². The van der Waals surface area contributed by atoms with Crippen molar-refractivity contribution in [1.29, 1.82) is 0 Å². The zero-order valence-electron chi connectivity index (χ0n) is 17.1. The number of methoxy groups -OCH3 is 1. The van der Waals surface area contributed by atoms with E-state index in [2.05, 4.69) is 0 Å². The van der Waals surface area contributed by atoms with Crippen LogP contribution >= 0.6 is 0 Å². The molecule has 0 saturated carbocycles. The van der Waals surface area contributed by atoms with E-state index in [9.17, 15) is 9.90 Å². The number of hydrogen-bond donors (Lipinski definition) is 1. The number of hydrogen-bond acceptors (Lipinski definition) is 4. The second-order valence-corrected chi connectivity index (χ2v) is 8.31. The molecule has 2 fully saturated rings. The number of amides is 1. The summed E-state index contributed by atoms with van der Waals surface area (Å²) in [6.07, 6.45) is 3.64. The normalized spacial score (nSPS) is 26.1. The molecular formula is C24H29NO4. The van der Waals surface area contributed by atoms with Gasteiger partial charge in [-0.2, -0.15) is 0 Å². The maximum absolute atomic E-state index is 12.9. The lowest BCUT2D eigenvalue weighted by atomic mass is 9.71. The highest BCUT2D eigenvalue weighted by Crippen LogP contribution is 2.46. The monoisotopic (exact) mass is 395 g/mol. The number of piperidine rings is 2. The van der Waals surface area contributed by atoms with Crippen molar-refractivity contribution in [3.63, 3.8) is 0 Å². The molecule has 0 aliphatic carbocycles. The molecule has 2 unspecified atom stereocenters. The lowest BCUT2D eigenvalue weighted by molar-refractivity contribution is -0.0899. The van der Waals surface area contributed by atoms with Crippen molar-refractivity contribution in [2.45, 2.75) is 63.3 Å². The molecule has 2 aromatic carbocycles. The van der Waals surface area contributed by atoms with Crippen molar-refractivity contribution in [2.24, 2.45) is 0 Å². The molecule has 2 aliphatic rings. The van der Waals surface area contributed by atoms with Crippen LogP contribution in [0.4, 0.5) is 4.79 Å². The smallest absolute Gasteiger partial charge is 0.410 e. The Bertz CT molecular complexity index is 852. The predicted molar refractivity (Wildman–Crippen MR) is 111 cm³/mol. The van der Waals surface area contributed by atoms with Crippen molar-refractivity contribution in [1.82, 2.24) is 4.90 Å². The van der Waals surface area contributed by atoms with Gasteiger partial charge in [-0.3, -0.25) is 0 Å². The highest BCUT2D eigenvalue weighted by molar-refractivity contribution is 5.69. The van der Waals surface area contributed by atoms with Crippen LogP contribution in [0.3, 0.4) is 0 Å². The highest BCUT2D eigenvalue weighted by atomic mass is 16.6. The van der Waals surface area contributed by atoms with Crippen molar-refractivity contribution in [2.75, 3.05) is 7.11 Å². The molecule has 2 aliphatic heterocycles. The number of benzene rings is 2. The summed E-state index contributed by atoms with van der Waals surface area (Å²) in [5.74, 6) is 0.744. The number of nitrogens with zero attached hydrogens (tertiary/aromatic N) is 1. The quantitative estimate of drug-likeness (QED) is 0.825. The summed E-state index contributed by atoms with van der Waals surface area (Å²) in [6.45, 7) is 2.29. The summed E-state index contributed by atoms with van der Waals surface area (Å²) in [6, 6.07) is 15.5. The van der Waals surface area contributed by atoms with E-state index >= 15 is 0 Å². The number of ether oxygens (including phenoxy) is 2. The molecule has 2 atom stereocenters. The molecular weight excluding hydrogens is 366 g/mol. The zero-order valence-corrected chi connectivity index (χ0v) is 17.1. The number of aryl methyl sites for hydroxylation is 1. The van der Waals surface area contributed by atoms with Gasteiger partial charge < -0.3 is 19.5 Å². The Labute approximate surface area is 172 Å². The summed E-state index contributed by atoms with van der Waals surface area (Å²) >= 11 is 0. The van der Waals surface area contributed by atoms with E-state index in [-0.39, 0.29) is 24.8 Å². The van der Waals surface area contributed by atoms with Crippen LogP contribution in [0.25, 0.3) is 0 Å². The molecule has 1 N–H and O–H groups in total. The van der Waals surface area contributed by atoms with Crippen LogP contribution in [0.15, 0.2) is 48.5 Å². The summed E-state index contributed by atoms with van der Waals surface area (Å²) in [5.41, 5.74) is 1.98. The molecule has 0 spiro atoms. The van der Waals surface area contributed by atoms with Crippen LogP contribution < -0.4 is 4.74 Å². The van der Waals surface area contributed by atoms with Gasteiger partial charge in [0.15, 0.2) is 0 Å². The molecule has 2 heterocycles. The minimum atomic E-state index is -0.954. The molecule has 1 amide bonds. The number of fused-ring (bicyclic) bond motifs is 2. The van der Waals surface area contributed by atoms with Crippen LogP contribution in [0.2, 0.25) is 0 Å². The number of carbonyl (C=O) groups is 1. The zero-order chi connectivity index (χ0) is 20.4. The minimum Gasteiger partial charge on any atom is -0.497 e. The summed E-state index contributed by atoms with van der Waals surface area (Å²) in [7, 11) is 1.64. The Morgan fingerprint density at radius 3 is 2.48 bits per heavy atom. The molecule has 0 radical (unpaired) electrons. The maximum Gasteiger partial charge on any atom is 0.410 e. The van der Waals surface area contributed by atoms with Gasteiger partial charge in [-0.15, -0.1) is 0 Å². The van der Waals surface area contributed by atoms with Gasteiger partial charge >= 0.3 is 6.09 Å². The van der Waals surface area contributed by atoms with E-state index < -0.39 is 5.60 Å². The van der Waals surface area contributed by atoms with E-state index in [4.69, 9.17) is 9.47 Å². The first-order valence-corrected chi connectivity index (χ1v) is 10.4. The standard InChI is InChI=1S/C24H29NO4/c1-17-11-12-21(28-2)13-22(17)24(27)14-19-9-6-10-20(15-24)25(19)23(26)29-16-18-7-4-3-5-8-18/h3-5,7-8,11-13,19-20,27H,6,9-10,14-16H2,1-2H3. The fourth-order valence-corrected chi connectivity index (χ4v) is 4.97. The van der Waals surface area contributed by atoms with Crippen LogP contribution in [0, 0.1) is 6.92 Å². The van der Waals surface area contributed by atoms with Crippen molar-refractivity contribution >= 4 is 6.09 Å². The lowest BCUT2D eigenvalue weighted by Gasteiger charge is -2.51. The van der Waals surface area contributed by atoms with Gasteiger partial charge in [0.05, 0.1) is 12.7 Å². The van der Waals surface area contributed by atoms with Gasteiger partial charge in [-0.25, -0.2) is 4.79 Å². The third-order valence-corrected chi connectivity index (χ3v) is 6.37. The molecule has 29 heavy (non-hydrogen) atoms. The Morgan fingerprint density at radius 1 is 1.14 bits per heavy atom. The summed E-state index contributed by atoms with van der Waals surface area (Å²) in [4.78, 5) is 14.8. The first-order chi connectivity index (χ1) is 14.0. The van der Waals surface area contributed by atoms with Gasteiger partial charge in [-0.05, 0) is 55.0 Å². The largest absolute Gasteiger partial charge is 0.497 e. The molecule has 5 heteroatoms. The van der Waals surface area contributed by atoms with Crippen molar-refractivity contribution in [3.8, 4) is 5.75 Å². The van der Waals surface area contributed by atoms with Crippen molar-refractivity contribution in [3.05, 3.63) is 65.2 Å². The van der Waals surface area contributed by atoms with E-state index in [1.54, 1.807) is 7.11 Å². The first-order valence-electron chi connectivity index (χ1n) is 10.4. The molecule has 2 saturated heterocycles. The molecule has 4 rings (SSSR count). The topological polar surface area (TPSA) is 59.0 Å². The second kappa shape index (κ2) is 8.07. The molecule has 2 bridgehead atoms. The Morgan fingerprint density at radius 2 is 1.83 bits per heavy atom. The average molecular weight is 395 g/mol.